The van der Waals surface area contributed by atoms with E-state index in [1.807, 2.05) is 18.5 Å². The van der Waals surface area contributed by atoms with Crippen LogP contribution in [0.3, 0.4) is 0 Å². The molecule has 48 heavy (non-hydrogen) atoms. The van der Waals surface area contributed by atoms with Crippen molar-refractivity contribution in [1.82, 2.24) is 4.98 Å². The molecule has 0 bridgehead atoms. The minimum absolute atomic E-state index is 0.805. The first-order chi connectivity index (χ1) is 23.8. The number of rotatable bonds is 6. The number of aromatic nitrogens is 1. The summed E-state index contributed by atoms with van der Waals surface area (Å²) in [6.45, 7) is 0. The number of pyridine rings is 1. The predicted molar refractivity (Wildman–Crippen MR) is 200 cm³/mol. The number of nitrogens with zero attached hydrogens (tertiary/aromatic N) is 2. The molecule has 0 N–H and O–H groups in total. The number of fused-ring (bicyclic) bond motifs is 5. The molecule has 226 valence electrons. The van der Waals surface area contributed by atoms with Crippen LogP contribution in [0.2, 0.25) is 0 Å². The zero-order valence-electron chi connectivity index (χ0n) is 26.1. The molecule has 0 aliphatic rings. The van der Waals surface area contributed by atoms with Gasteiger partial charge in [0.25, 0.3) is 0 Å². The Labute approximate surface area is 279 Å². The van der Waals surface area contributed by atoms with Gasteiger partial charge in [0, 0.05) is 33.6 Å². The maximum Gasteiger partial charge on any atom is 0.162 e. The topological polar surface area (TPSA) is 29.3 Å². The van der Waals surface area contributed by atoms with Crippen LogP contribution < -0.4 is 4.90 Å². The monoisotopic (exact) mass is 614 g/mol. The maximum absolute atomic E-state index is 6.83. The molecule has 0 aliphatic heterocycles. The van der Waals surface area contributed by atoms with Crippen molar-refractivity contribution in [3.63, 3.8) is 0 Å². The quantitative estimate of drug-likeness (QED) is 0.187. The second-order valence-corrected chi connectivity index (χ2v) is 12.0. The fourth-order valence-electron chi connectivity index (χ4n) is 6.79. The predicted octanol–water partition coefficient (Wildman–Crippen LogP) is 12.6. The highest BCUT2D eigenvalue weighted by atomic mass is 16.3. The lowest BCUT2D eigenvalue weighted by atomic mass is 9.99. The summed E-state index contributed by atoms with van der Waals surface area (Å²) < 4.78 is 6.83. The Morgan fingerprint density at radius 1 is 0.375 bits per heavy atom. The third kappa shape index (κ3) is 4.81. The van der Waals surface area contributed by atoms with E-state index in [0.717, 1.165) is 66.5 Å². The van der Waals surface area contributed by atoms with E-state index in [2.05, 4.69) is 169 Å². The maximum atomic E-state index is 6.83. The van der Waals surface area contributed by atoms with Gasteiger partial charge in [-0.15, -0.1) is 0 Å². The Balaban J connectivity index is 1.21. The van der Waals surface area contributed by atoms with Gasteiger partial charge >= 0.3 is 0 Å². The standard InChI is InChI=1S/C45H30N2O/c1-3-11-31(12-4-1)32-19-21-33(22-20-32)34-23-26-37(27-24-34)47(42-18-10-9-16-38(42)35-13-5-2-6-14-35)43-30-46-29-41-40-28-25-36-15-7-8-17-39(36)44(40)48-45(41)43/h1-30H. The molecule has 0 aliphatic carbocycles. The summed E-state index contributed by atoms with van der Waals surface area (Å²) in [4.78, 5) is 7.07. The van der Waals surface area contributed by atoms with Crippen LogP contribution in [0.4, 0.5) is 17.1 Å². The molecule has 0 spiro atoms. The van der Waals surface area contributed by atoms with Crippen LogP contribution in [0.25, 0.3) is 66.1 Å². The number of benzene rings is 7. The lowest BCUT2D eigenvalue weighted by Gasteiger charge is -2.27. The number of anilines is 3. The molecule has 2 aromatic heterocycles. The minimum Gasteiger partial charge on any atom is -0.453 e. The lowest BCUT2D eigenvalue weighted by Crippen LogP contribution is -2.11. The Kier molecular flexibility index (Phi) is 6.80. The molecule has 0 amide bonds. The molecule has 0 saturated heterocycles. The van der Waals surface area contributed by atoms with E-state index in [9.17, 15) is 0 Å². The average molecular weight is 615 g/mol. The van der Waals surface area contributed by atoms with Crippen LogP contribution in [-0.4, -0.2) is 4.98 Å². The summed E-state index contributed by atoms with van der Waals surface area (Å²) in [7, 11) is 0. The Bertz CT molecular complexity index is 2540. The van der Waals surface area contributed by atoms with E-state index in [1.165, 1.54) is 16.7 Å². The van der Waals surface area contributed by atoms with Gasteiger partial charge in [0.05, 0.1) is 11.9 Å². The molecular formula is C45H30N2O. The van der Waals surface area contributed by atoms with Gasteiger partial charge in [0.2, 0.25) is 0 Å². The van der Waals surface area contributed by atoms with E-state index >= 15 is 0 Å². The van der Waals surface area contributed by atoms with Crippen molar-refractivity contribution in [3.8, 4) is 33.4 Å². The molecule has 0 fully saturated rings. The van der Waals surface area contributed by atoms with Crippen LogP contribution in [0.5, 0.6) is 0 Å². The van der Waals surface area contributed by atoms with Crippen LogP contribution in [0, 0.1) is 0 Å². The fraction of sp³-hybridized carbons (Fsp3) is 0. The fourth-order valence-corrected chi connectivity index (χ4v) is 6.79. The highest BCUT2D eigenvalue weighted by molar-refractivity contribution is 6.17. The first-order valence-electron chi connectivity index (χ1n) is 16.2. The zero-order chi connectivity index (χ0) is 31.9. The number of furan rings is 1. The molecule has 0 unspecified atom stereocenters. The summed E-state index contributed by atoms with van der Waals surface area (Å²) in [5.41, 5.74) is 11.6. The van der Waals surface area contributed by atoms with Crippen LogP contribution in [-0.2, 0) is 0 Å². The van der Waals surface area contributed by atoms with Crippen LogP contribution in [0.1, 0.15) is 0 Å². The number of para-hydroxylation sites is 1. The zero-order valence-corrected chi connectivity index (χ0v) is 26.1. The molecule has 9 aromatic rings. The molecule has 7 aromatic carbocycles. The summed E-state index contributed by atoms with van der Waals surface area (Å²) in [5, 5.41) is 4.29. The second-order valence-electron chi connectivity index (χ2n) is 12.0. The first kappa shape index (κ1) is 27.8. The average Bonchev–Trinajstić information content (AvgIpc) is 3.56. The Morgan fingerprint density at radius 2 is 0.958 bits per heavy atom. The summed E-state index contributed by atoms with van der Waals surface area (Å²) in [6, 6.07) is 59.8. The van der Waals surface area contributed by atoms with Crippen molar-refractivity contribution in [3.05, 3.63) is 182 Å². The van der Waals surface area contributed by atoms with Gasteiger partial charge in [0.1, 0.15) is 11.3 Å². The van der Waals surface area contributed by atoms with Crippen molar-refractivity contribution >= 4 is 49.8 Å². The Morgan fingerprint density at radius 3 is 1.69 bits per heavy atom. The molecular weight excluding hydrogens is 585 g/mol. The van der Waals surface area contributed by atoms with E-state index in [4.69, 9.17) is 9.40 Å². The molecule has 2 heterocycles. The molecule has 0 atom stereocenters. The van der Waals surface area contributed by atoms with E-state index in [1.54, 1.807) is 0 Å². The van der Waals surface area contributed by atoms with Gasteiger partial charge in [-0.1, -0.05) is 146 Å². The minimum atomic E-state index is 0.805. The highest BCUT2D eigenvalue weighted by Gasteiger charge is 2.23. The lowest BCUT2D eigenvalue weighted by molar-refractivity contribution is 0.672. The van der Waals surface area contributed by atoms with E-state index in [-0.39, 0.29) is 0 Å². The van der Waals surface area contributed by atoms with Gasteiger partial charge in [-0.25, -0.2) is 0 Å². The van der Waals surface area contributed by atoms with Gasteiger partial charge in [-0.2, -0.15) is 0 Å². The van der Waals surface area contributed by atoms with Crippen molar-refractivity contribution in [2.45, 2.75) is 0 Å². The highest BCUT2D eigenvalue weighted by Crippen LogP contribution is 2.45. The van der Waals surface area contributed by atoms with Crippen molar-refractivity contribution in [1.29, 1.82) is 0 Å². The first-order valence-corrected chi connectivity index (χ1v) is 16.2. The number of hydrogen-bond acceptors (Lipinski definition) is 3. The largest absolute Gasteiger partial charge is 0.453 e. The SMILES string of the molecule is c1ccc(-c2ccc(-c3ccc(N(c4ccccc4-c4ccccc4)c4cncc5c4oc4c6ccccc6ccc54)cc3)cc2)cc1. The van der Waals surface area contributed by atoms with Gasteiger partial charge in [0.15, 0.2) is 5.58 Å². The van der Waals surface area contributed by atoms with Crippen molar-refractivity contribution in [2.75, 3.05) is 4.90 Å². The third-order valence-corrected chi connectivity index (χ3v) is 9.17. The molecule has 3 nitrogen and oxygen atoms in total. The van der Waals surface area contributed by atoms with Gasteiger partial charge in [-0.3, -0.25) is 4.98 Å². The molecule has 9 rings (SSSR count). The second kappa shape index (κ2) is 11.7. The van der Waals surface area contributed by atoms with Gasteiger partial charge < -0.3 is 9.32 Å². The molecule has 3 heteroatoms. The smallest absolute Gasteiger partial charge is 0.162 e. The van der Waals surface area contributed by atoms with E-state index in [0.29, 0.717) is 0 Å². The number of hydrogen-bond donors (Lipinski definition) is 0. The molecule has 0 radical (unpaired) electrons. The molecule has 0 saturated carbocycles. The Hall–Kier alpha value is -6.45. The van der Waals surface area contributed by atoms with Crippen molar-refractivity contribution in [2.24, 2.45) is 0 Å². The normalized spacial score (nSPS) is 11.3. The van der Waals surface area contributed by atoms with Gasteiger partial charge in [-0.05, 0) is 57.5 Å². The van der Waals surface area contributed by atoms with E-state index < -0.39 is 0 Å². The summed E-state index contributed by atoms with van der Waals surface area (Å²) in [5.74, 6) is 0. The summed E-state index contributed by atoms with van der Waals surface area (Å²) in [6.07, 6.45) is 3.84. The summed E-state index contributed by atoms with van der Waals surface area (Å²) >= 11 is 0. The van der Waals surface area contributed by atoms with Crippen molar-refractivity contribution < 1.29 is 4.42 Å². The van der Waals surface area contributed by atoms with Crippen LogP contribution >= 0.6 is 0 Å². The third-order valence-electron chi connectivity index (χ3n) is 9.17. The van der Waals surface area contributed by atoms with Crippen LogP contribution in [0.15, 0.2) is 187 Å².